The van der Waals surface area contributed by atoms with E-state index in [1.807, 2.05) is 25.1 Å². The molecule has 6 nitrogen and oxygen atoms in total. The third-order valence-electron chi connectivity index (χ3n) is 5.30. The van der Waals surface area contributed by atoms with E-state index in [4.69, 9.17) is 0 Å². The van der Waals surface area contributed by atoms with Gasteiger partial charge in [-0.3, -0.25) is 9.59 Å². The van der Waals surface area contributed by atoms with Crippen LogP contribution >= 0.6 is 0 Å². The molecule has 1 amide bonds. The molecule has 2 aromatic rings. The summed E-state index contributed by atoms with van der Waals surface area (Å²) in [5, 5.41) is 8.84. The Labute approximate surface area is 146 Å². The number of aryl methyl sites for hydroxylation is 1. The number of hydrogen-bond donors (Lipinski definition) is 1. The molecule has 1 N–H and O–H groups in total. The number of piperidine rings is 1. The van der Waals surface area contributed by atoms with Crippen molar-refractivity contribution in [2.75, 3.05) is 13.1 Å². The third-order valence-corrected chi connectivity index (χ3v) is 5.30. The van der Waals surface area contributed by atoms with Crippen LogP contribution < -0.4 is 10.9 Å². The standard InChI is InChI=1S/C19H24N4O2/c1-13-16-4-2-3-5-17(16)19(25)23(21-13)12-18(24)20-14-8-10-22(11-9-14)15-6-7-15/h2-5,14-15H,6-12H2,1H3,(H,20,24). The minimum Gasteiger partial charge on any atom is -0.352 e. The fraction of sp³-hybridized carbons (Fsp3) is 0.526. The molecule has 0 radical (unpaired) electrons. The van der Waals surface area contributed by atoms with Crippen LogP contribution in [0.1, 0.15) is 31.4 Å². The molecular formula is C19H24N4O2. The van der Waals surface area contributed by atoms with Gasteiger partial charge in [-0.1, -0.05) is 18.2 Å². The molecule has 2 aliphatic rings. The number of likely N-dealkylation sites (tertiary alicyclic amines) is 1. The molecule has 0 atom stereocenters. The van der Waals surface area contributed by atoms with Crippen molar-refractivity contribution in [2.24, 2.45) is 0 Å². The Morgan fingerprint density at radius 2 is 1.84 bits per heavy atom. The molecule has 1 aromatic carbocycles. The average Bonchev–Trinajstić information content (AvgIpc) is 3.45. The van der Waals surface area contributed by atoms with E-state index in [2.05, 4.69) is 15.3 Å². The lowest BCUT2D eigenvalue weighted by molar-refractivity contribution is -0.122. The Kier molecular flexibility index (Phi) is 4.29. The van der Waals surface area contributed by atoms with Crippen LogP contribution in [0.25, 0.3) is 10.8 Å². The van der Waals surface area contributed by atoms with Gasteiger partial charge in [-0.25, -0.2) is 4.68 Å². The van der Waals surface area contributed by atoms with E-state index in [1.54, 1.807) is 6.07 Å². The first-order valence-corrected chi connectivity index (χ1v) is 9.11. The monoisotopic (exact) mass is 340 g/mol. The van der Waals surface area contributed by atoms with Crippen molar-refractivity contribution < 1.29 is 4.79 Å². The maximum absolute atomic E-state index is 12.5. The molecule has 1 saturated heterocycles. The largest absolute Gasteiger partial charge is 0.352 e. The zero-order valence-electron chi connectivity index (χ0n) is 14.6. The predicted molar refractivity (Wildman–Crippen MR) is 96.5 cm³/mol. The van der Waals surface area contributed by atoms with Crippen LogP contribution in [0, 0.1) is 6.92 Å². The molecule has 2 fully saturated rings. The van der Waals surface area contributed by atoms with Gasteiger partial charge >= 0.3 is 0 Å². The maximum Gasteiger partial charge on any atom is 0.275 e. The van der Waals surface area contributed by atoms with Gasteiger partial charge in [0.25, 0.3) is 5.56 Å². The quantitative estimate of drug-likeness (QED) is 0.915. The van der Waals surface area contributed by atoms with Crippen LogP contribution in [0.4, 0.5) is 0 Å². The van der Waals surface area contributed by atoms with E-state index in [1.165, 1.54) is 17.5 Å². The highest BCUT2D eigenvalue weighted by molar-refractivity contribution is 5.83. The second-order valence-corrected chi connectivity index (χ2v) is 7.20. The smallest absolute Gasteiger partial charge is 0.275 e. The summed E-state index contributed by atoms with van der Waals surface area (Å²) in [7, 11) is 0. The van der Waals surface area contributed by atoms with Crippen molar-refractivity contribution in [1.29, 1.82) is 0 Å². The van der Waals surface area contributed by atoms with E-state index in [0.717, 1.165) is 43.1 Å². The van der Waals surface area contributed by atoms with Gasteiger partial charge < -0.3 is 10.2 Å². The summed E-state index contributed by atoms with van der Waals surface area (Å²) in [4.78, 5) is 27.5. The first-order valence-electron chi connectivity index (χ1n) is 9.11. The summed E-state index contributed by atoms with van der Waals surface area (Å²) in [6.07, 6.45) is 4.63. The zero-order valence-corrected chi connectivity index (χ0v) is 14.6. The number of fused-ring (bicyclic) bond motifs is 1. The van der Waals surface area contributed by atoms with Gasteiger partial charge in [0.05, 0.1) is 11.1 Å². The fourth-order valence-electron chi connectivity index (χ4n) is 3.77. The summed E-state index contributed by atoms with van der Waals surface area (Å²) < 4.78 is 1.28. The number of carbonyl (C=O) groups excluding carboxylic acids is 1. The molecule has 0 spiro atoms. The number of nitrogens with zero attached hydrogens (tertiary/aromatic N) is 3. The van der Waals surface area contributed by atoms with Crippen LogP contribution in [0.5, 0.6) is 0 Å². The summed E-state index contributed by atoms with van der Waals surface area (Å²) in [5.41, 5.74) is 0.556. The molecule has 132 valence electrons. The molecule has 1 saturated carbocycles. The van der Waals surface area contributed by atoms with Crippen LogP contribution in [-0.2, 0) is 11.3 Å². The van der Waals surface area contributed by atoms with Gasteiger partial charge in [0.2, 0.25) is 5.91 Å². The van der Waals surface area contributed by atoms with Crippen LogP contribution in [0.2, 0.25) is 0 Å². The van der Waals surface area contributed by atoms with Crippen molar-refractivity contribution in [1.82, 2.24) is 20.0 Å². The van der Waals surface area contributed by atoms with E-state index < -0.39 is 0 Å². The van der Waals surface area contributed by atoms with E-state index >= 15 is 0 Å². The number of benzene rings is 1. The molecule has 25 heavy (non-hydrogen) atoms. The lowest BCUT2D eigenvalue weighted by Crippen LogP contribution is -2.46. The highest BCUT2D eigenvalue weighted by Crippen LogP contribution is 2.29. The number of carbonyl (C=O) groups is 1. The molecular weight excluding hydrogens is 316 g/mol. The van der Waals surface area contributed by atoms with Crippen LogP contribution in [-0.4, -0.2) is 45.8 Å². The highest BCUT2D eigenvalue weighted by atomic mass is 16.2. The Bertz CT molecular complexity index is 848. The number of aromatic nitrogens is 2. The summed E-state index contributed by atoms with van der Waals surface area (Å²) in [6.45, 7) is 3.96. The summed E-state index contributed by atoms with van der Waals surface area (Å²) in [5.74, 6) is -0.130. The normalized spacial score (nSPS) is 19.2. The minimum atomic E-state index is -0.208. The van der Waals surface area contributed by atoms with Crippen molar-refractivity contribution in [3.05, 3.63) is 40.3 Å². The summed E-state index contributed by atoms with van der Waals surface area (Å²) >= 11 is 0. The first kappa shape index (κ1) is 16.3. The molecule has 1 aliphatic carbocycles. The van der Waals surface area contributed by atoms with Crippen LogP contribution in [0.15, 0.2) is 29.1 Å². The van der Waals surface area contributed by atoms with Crippen LogP contribution in [0.3, 0.4) is 0 Å². The fourth-order valence-corrected chi connectivity index (χ4v) is 3.77. The van der Waals surface area contributed by atoms with Crippen molar-refractivity contribution >= 4 is 16.7 Å². The minimum absolute atomic E-state index is 0.0205. The Morgan fingerprint density at radius 1 is 1.16 bits per heavy atom. The molecule has 6 heteroatoms. The van der Waals surface area contributed by atoms with E-state index in [-0.39, 0.29) is 24.1 Å². The van der Waals surface area contributed by atoms with E-state index in [0.29, 0.717) is 5.39 Å². The predicted octanol–water partition coefficient (Wildman–Crippen LogP) is 1.45. The Hall–Kier alpha value is -2.21. The molecule has 4 rings (SSSR count). The molecule has 0 bridgehead atoms. The highest BCUT2D eigenvalue weighted by Gasteiger charge is 2.32. The zero-order chi connectivity index (χ0) is 17.4. The summed E-state index contributed by atoms with van der Waals surface area (Å²) in [6, 6.07) is 8.40. The van der Waals surface area contributed by atoms with Gasteiger partial charge in [0.1, 0.15) is 6.54 Å². The topological polar surface area (TPSA) is 67.2 Å². The molecule has 0 unspecified atom stereocenters. The Balaban J connectivity index is 1.42. The number of hydrogen-bond acceptors (Lipinski definition) is 4. The van der Waals surface area contributed by atoms with Crippen molar-refractivity contribution in [3.8, 4) is 0 Å². The Morgan fingerprint density at radius 3 is 2.52 bits per heavy atom. The lowest BCUT2D eigenvalue weighted by atomic mass is 10.0. The third kappa shape index (κ3) is 3.44. The second kappa shape index (κ2) is 6.59. The molecule has 1 aliphatic heterocycles. The number of nitrogens with one attached hydrogen (secondary N) is 1. The van der Waals surface area contributed by atoms with Gasteiger partial charge in [-0.2, -0.15) is 5.10 Å². The van der Waals surface area contributed by atoms with Gasteiger partial charge in [0, 0.05) is 30.6 Å². The maximum atomic E-state index is 12.5. The SMILES string of the molecule is Cc1nn(CC(=O)NC2CCN(C3CC3)CC2)c(=O)c2ccccc12. The van der Waals surface area contributed by atoms with Gasteiger partial charge in [-0.05, 0) is 38.7 Å². The van der Waals surface area contributed by atoms with Crippen molar-refractivity contribution in [2.45, 2.75) is 51.2 Å². The first-order chi connectivity index (χ1) is 12.1. The molecule has 2 heterocycles. The van der Waals surface area contributed by atoms with E-state index in [9.17, 15) is 9.59 Å². The lowest BCUT2D eigenvalue weighted by Gasteiger charge is -2.32. The number of rotatable bonds is 4. The van der Waals surface area contributed by atoms with Gasteiger partial charge in [0.15, 0.2) is 0 Å². The average molecular weight is 340 g/mol. The van der Waals surface area contributed by atoms with Gasteiger partial charge in [-0.15, -0.1) is 0 Å². The van der Waals surface area contributed by atoms with Crippen molar-refractivity contribution in [3.63, 3.8) is 0 Å². The molecule has 1 aromatic heterocycles. The second-order valence-electron chi connectivity index (χ2n) is 7.20. The number of amides is 1.